The third-order valence-electron chi connectivity index (χ3n) is 1.69. The standard InChI is InChI=1S/C7H5F3N4/c8-7(9,10)4-3-14-2-1-12-6(14)5(11)13-4/h1-3H,(H2,11,13). The predicted molar refractivity (Wildman–Crippen MR) is 42.4 cm³/mol. The monoisotopic (exact) mass is 202 g/mol. The number of fused-ring (bicyclic) bond motifs is 1. The summed E-state index contributed by atoms with van der Waals surface area (Å²) < 4.78 is 37.9. The molecule has 0 amide bonds. The summed E-state index contributed by atoms with van der Waals surface area (Å²) in [6, 6.07) is 0. The van der Waals surface area contributed by atoms with Gasteiger partial charge >= 0.3 is 6.18 Å². The molecule has 0 saturated carbocycles. The molecule has 7 heteroatoms. The molecule has 2 rings (SSSR count). The lowest BCUT2D eigenvalue weighted by Gasteiger charge is -2.06. The second-order valence-corrected chi connectivity index (χ2v) is 2.67. The second-order valence-electron chi connectivity index (χ2n) is 2.67. The number of nitrogen functional groups attached to an aromatic ring is 1. The van der Waals surface area contributed by atoms with Crippen molar-refractivity contribution in [1.29, 1.82) is 0 Å². The van der Waals surface area contributed by atoms with Crippen molar-refractivity contribution in [3.8, 4) is 0 Å². The van der Waals surface area contributed by atoms with Crippen LogP contribution in [-0.4, -0.2) is 14.4 Å². The van der Waals surface area contributed by atoms with Gasteiger partial charge in [-0.3, -0.25) is 0 Å². The van der Waals surface area contributed by atoms with Crippen molar-refractivity contribution in [2.75, 3.05) is 5.73 Å². The molecule has 2 heterocycles. The average molecular weight is 202 g/mol. The van der Waals surface area contributed by atoms with Crippen LogP contribution >= 0.6 is 0 Å². The number of nitrogens with zero attached hydrogens (tertiary/aromatic N) is 3. The number of nitrogens with two attached hydrogens (primary N) is 1. The van der Waals surface area contributed by atoms with E-state index in [0.717, 1.165) is 6.20 Å². The number of alkyl halides is 3. The van der Waals surface area contributed by atoms with Crippen LogP contribution in [0.1, 0.15) is 5.69 Å². The van der Waals surface area contributed by atoms with Gasteiger partial charge in [-0.2, -0.15) is 13.2 Å². The first kappa shape index (κ1) is 8.79. The van der Waals surface area contributed by atoms with E-state index in [1.807, 2.05) is 0 Å². The Morgan fingerprint density at radius 1 is 1.36 bits per heavy atom. The molecule has 0 saturated heterocycles. The number of aromatic nitrogens is 3. The van der Waals surface area contributed by atoms with E-state index in [4.69, 9.17) is 5.73 Å². The highest BCUT2D eigenvalue weighted by atomic mass is 19.4. The fraction of sp³-hybridized carbons (Fsp3) is 0.143. The van der Waals surface area contributed by atoms with Crippen molar-refractivity contribution in [1.82, 2.24) is 14.4 Å². The number of rotatable bonds is 0. The van der Waals surface area contributed by atoms with Gasteiger partial charge in [0.1, 0.15) is 0 Å². The summed E-state index contributed by atoms with van der Waals surface area (Å²) in [5.74, 6) is -0.232. The molecule has 0 unspecified atom stereocenters. The maximum atomic E-state index is 12.3. The van der Waals surface area contributed by atoms with Crippen LogP contribution in [0.2, 0.25) is 0 Å². The van der Waals surface area contributed by atoms with E-state index >= 15 is 0 Å². The SMILES string of the molecule is Nc1nc(C(F)(F)F)cn2ccnc12. The molecule has 4 nitrogen and oxygen atoms in total. The van der Waals surface area contributed by atoms with Gasteiger partial charge in [0.15, 0.2) is 17.2 Å². The van der Waals surface area contributed by atoms with Crippen LogP contribution in [0.5, 0.6) is 0 Å². The van der Waals surface area contributed by atoms with Crippen LogP contribution in [0, 0.1) is 0 Å². The minimum atomic E-state index is -4.49. The highest BCUT2D eigenvalue weighted by Crippen LogP contribution is 2.28. The van der Waals surface area contributed by atoms with Gasteiger partial charge in [0, 0.05) is 18.6 Å². The molecule has 0 radical (unpaired) electrons. The zero-order valence-electron chi connectivity index (χ0n) is 6.78. The Bertz CT molecular complexity index is 473. The van der Waals surface area contributed by atoms with Crippen LogP contribution in [0.3, 0.4) is 0 Å². The summed E-state index contributed by atoms with van der Waals surface area (Å²) in [5.41, 5.74) is 4.50. The van der Waals surface area contributed by atoms with Gasteiger partial charge in [-0.1, -0.05) is 0 Å². The molecule has 0 aromatic carbocycles. The molecule has 2 aromatic heterocycles. The summed E-state index contributed by atoms with van der Waals surface area (Å²) in [5, 5.41) is 0. The first-order valence-corrected chi connectivity index (χ1v) is 3.65. The molecule has 0 fully saturated rings. The van der Waals surface area contributed by atoms with Crippen molar-refractivity contribution in [2.24, 2.45) is 0 Å². The topological polar surface area (TPSA) is 56.2 Å². The molecule has 0 bridgehead atoms. The van der Waals surface area contributed by atoms with Gasteiger partial charge < -0.3 is 10.1 Å². The van der Waals surface area contributed by atoms with Gasteiger partial charge in [0.25, 0.3) is 0 Å². The third-order valence-corrected chi connectivity index (χ3v) is 1.69. The third kappa shape index (κ3) is 1.26. The molecule has 2 aromatic rings. The molecule has 0 aliphatic rings. The van der Waals surface area contributed by atoms with Crippen molar-refractivity contribution in [2.45, 2.75) is 6.18 Å². The molecular weight excluding hydrogens is 197 g/mol. The highest BCUT2D eigenvalue weighted by Gasteiger charge is 2.33. The fourth-order valence-electron chi connectivity index (χ4n) is 1.09. The highest BCUT2D eigenvalue weighted by molar-refractivity contribution is 5.59. The Labute approximate surface area is 76.2 Å². The minimum Gasteiger partial charge on any atom is -0.381 e. The Kier molecular flexibility index (Phi) is 1.63. The summed E-state index contributed by atoms with van der Waals surface area (Å²) in [6.45, 7) is 0. The molecule has 0 spiro atoms. The normalized spacial score (nSPS) is 12.2. The Hall–Kier alpha value is -1.79. The molecule has 14 heavy (non-hydrogen) atoms. The van der Waals surface area contributed by atoms with Crippen molar-refractivity contribution < 1.29 is 13.2 Å². The van der Waals surface area contributed by atoms with Gasteiger partial charge in [-0.05, 0) is 0 Å². The Morgan fingerprint density at radius 2 is 2.07 bits per heavy atom. The molecule has 0 atom stereocenters. The van der Waals surface area contributed by atoms with Crippen LogP contribution in [0.4, 0.5) is 19.0 Å². The van der Waals surface area contributed by atoms with E-state index in [1.165, 1.54) is 16.8 Å². The van der Waals surface area contributed by atoms with Crippen molar-refractivity contribution in [3.63, 3.8) is 0 Å². The maximum Gasteiger partial charge on any atom is 0.434 e. The van der Waals surface area contributed by atoms with E-state index in [-0.39, 0.29) is 11.5 Å². The summed E-state index contributed by atoms with van der Waals surface area (Å²) in [6.07, 6.45) is -0.915. The quantitative estimate of drug-likeness (QED) is 0.701. The lowest BCUT2D eigenvalue weighted by atomic mass is 10.4. The Morgan fingerprint density at radius 3 is 2.71 bits per heavy atom. The summed E-state index contributed by atoms with van der Waals surface area (Å²) >= 11 is 0. The van der Waals surface area contributed by atoms with Gasteiger partial charge in [-0.15, -0.1) is 0 Å². The summed E-state index contributed by atoms with van der Waals surface area (Å²) in [4.78, 5) is 6.96. The van der Waals surface area contributed by atoms with Crippen LogP contribution in [0.25, 0.3) is 5.65 Å². The zero-order chi connectivity index (χ0) is 10.3. The smallest absolute Gasteiger partial charge is 0.381 e. The van der Waals surface area contributed by atoms with E-state index in [2.05, 4.69) is 9.97 Å². The van der Waals surface area contributed by atoms with Crippen molar-refractivity contribution >= 4 is 11.5 Å². The number of anilines is 1. The fourth-order valence-corrected chi connectivity index (χ4v) is 1.09. The van der Waals surface area contributed by atoms with E-state index < -0.39 is 11.9 Å². The summed E-state index contributed by atoms with van der Waals surface area (Å²) in [7, 11) is 0. The molecule has 0 aliphatic carbocycles. The molecule has 0 aliphatic heterocycles. The first-order chi connectivity index (χ1) is 6.48. The minimum absolute atomic E-state index is 0.220. The van der Waals surface area contributed by atoms with Gasteiger partial charge in [-0.25, -0.2) is 9.97 Å². The lowest BCUT2D eigenvalue weighted by Crippen LogP contribution is -2.11. The van der Waals surface area contributed by atoms with Crippen LogP contribution in [-0.2, 0) is 6.18 Å². The van der Waals surface area contributed by atoms with Crippen molar-refractivity contribution in [3.05, 3.63) is 24.3 Å². The number of hydrogen-bond acceptors (Lipinski definition) is 3. The van der Waals surface area contributed by atoms with E-state index in [9.17, 15) is 13.2 Å². The Balaban J connectivity index is 2.70. The maximum absolute atomic E-state index is 12.3. The van der Waals surface area contributed by atoms with Gasteiger partial charge in [0.05, 0.1) is 0 Å². The second kappa shape index (κ2) is 2.60. The zero-order valence-corrected chi connectivity index (χ0v) is 6.78. The molecule has 2 N–H and O–H groups in total. The van der Waals surface area contributed by atoms with Crippen LogP contribution in [0.15, 0.2) is 18.6 Å². The predicted octanol–water partition coefficient (Wildman–Crippen LogP) is 1.33. The van der Waals surface area contributed by atoms with E-state index in [0.29, 0.717) is 0 Å². The molecular formula is C7H5F3N4. The molecule has 74 valence electrons. The lowest BCUT2D eigenvalue weighted by molar-refractivity contribution is -0.141. The first-order valence-electron chi connectivity index (χ1n) is 3.65. The number of halogens is 3. The number of imidazole rings is 1. The average Bonchev–Trinajstić information content (AvgIpc) is 2.50. The van der Waals surface area contributed by atoms with Crippen LogP contribution < -0.4 is 5.73 Å². The van der Waals surface area contributed by atoms with Gasteiger partial charge in [0.2, 0.25) is 0 Å². The largest absolute Gasteiger partial charge is 0.434 e. The van der Waals surface area contributed by atoms with E-state index in [1.54, 1.807) is 0 Å². The number of hydrogen-bond donors (Lipinski definition) is 1.